The van der Waals surface area contributed by atoms with E-state index in [9.17, 15) is 22.8 Å². The van der Waals surface area contributed by atoms with Gasteiger partial charge in [-0.3, -0.25) is 9.35 Å². The van der Waals surface area contributed by atoms with Crippen molar-refractivity contribution in [3.8, 4) is 0 Å². The molecule has 0 spiro atoms. The molecule has 0 rings (SSSR count). The van der Waals surface area contributed by atoms with Crippen LogP contribution >= 0.6 is 0 Å². The van der Waals surface area contributed by atoms with Gasteiger partial charge in [-0.15, -0.1) is 0 Å². The molecule has 184 valence electrons. The average molecular weight is 464 g/mol. The van der Waals surface area contributed by atoms with Crippen molar-refractivity contribution in [2.75, 3.05) is 0 Å². The lowest BCUT2D eigenvalue weighted by Gasteiger charge is -2.14. The second kappa shape index (κ2) is 23.1. The van der Waals surface area contributed by atoms with Gasteiger partial charge >= 0.3 is 0 Å². The number of ketones is 2. The summed E-state index contributed by atoms with van der Waals surface area (Å²) in [4.78, 5) is 30.1. The lowest BCUT2D eigenvalue weighted by atomic mass is 10.1. The first-order chi connectivity index (χ1) is 14.4. The Bertz CT molecular complexity index is 567. The average Bonchev–Trinajstić information content (AvgIpc) is 2.63. The van der Waals surface area contributed by atoms with Gasteiger partial charge in [0.25, 0.3) is 10.1 Å². The van der Waals surface area contributed by atoms with Crippen LogP contribution in [0, 0.1) is 0 Å². The second-order valence-corrected chi connectivity index (χ2v) is 9.46. The Balaban J connectivity index is -0.000000832. The Labute approximate surface area is 190 Å². The third-order valence-corrected chi connectivity index (χ3v) is 4.99. The Morgan fingerprint density at radius 1 is 0.806 bits per heavy atom. The highest BCUT2D eigenvalue weighted by atomic mass is 32.2. The summed E-state index contributed by atoms with van der Waals surface area (Å²) in [6.07, 6.45) is 14.1. The highest BCUT2D eigenvalue weighted by molar-refractivity contribution is 7.86. The summed E-state index contributed by atoms with van der Waals surface area (Å²) in [5.41, 5.74) is 0. The van der Waals surface area contributed by atoms with E-state index in [0.717, 1.165) is 25.3 Å². The summed E-state index contributed by atoms with van der Waals surface area (Å²) in [5, 5.41) is 1.02. The maximum absolute atomic E-state index is 11.2. The molecule has 0 aliphatic carbocycles. The number of hydrogen-bond acceptors (Lipinski definition) is 5. The molecular weight excluding hydrogens is 418 g/mol. The second-order valence-electron chi connectivity index (χ2n) is 7.86. The molecule has 0 fully saturated rings. The summed E-state index contributed by atoms with van der Waals surface area (Å²) in [7, 11) is -4.26. The first kappa shape index (κ1) is 34.1. The summed E-state index contributed by atoms with van der Waals surface area (Å²) in [6.45, 7) is 11.6. The number of rotatable bonds is 15. The Kier molecular flexibility index (Phi) is 25.4. The molecule has 1 atom stereocenters. The van der Waals surface area contributed by atoms with Crippen molar-refractivity contribution >= 4 is 27.6 Å². The molecule has 0 radical (unpaired) electrons. The first-order valence-corrected chi connectivity index (χ1v) is 12.7. The fourth-order valence-electron chi connectivity index (χ4n) is 2.51. The van der Waals surface area contributed by atoms with Crippen LogP contribution in [0.25, 0.3) is 0 Å². The van der Waals surface area contributed by atoms with E-state index < -0.39 is 21.4 Å². The van der Waals surface area contributed by atoms with Gasteiger partial charge in [-0.2, -0.15) is 8.42 Å². The molecule has 0 aliphatic rings. The smallest absolute Gasteiger partial charge is 0.286 e. The number of nitrogens with one attached hydrogen (secondary N) is 1. The van der Waals surface area contributed by atoms with Crippen LogP contribution in [0.15, 0.2) is 12.7 Å². The predicted octanol–water partition coefficient (Wildman–Crippen LogP) is 5.39. The van der Waals surface area contributed by atoms with Crippen molar-refractivity contribution < 1.29 is 27.4 Å². The van der Waals surface area contributed by atoms with Gasteiger partial charge in [0.1, 0.15) is 11.6 Å². The zero-order valence-electron chi connectivity index (χ0n) is 20.2. The predicted molar refractivity (Wildman–Crippen MR) is 127 cm³/mol. The largest absolute Gasteiger partial charge is 0.334 e. The van der Waals surface area contributed by atoms with Gasteiger partial charge in [-0.05, 0) is 40.2 Å². The van der Waals surface area contributed by atoms with Crippen molar-refractivity contribution in [3.05, 3.63) is 12.7 Å². The monoisotopic (exact) mass is 463 g/mol. The SMILES string of the molecule is C=CC(=O)NC(CCCCCCCCCCCCC)S(=O)(=O)O.CC(C)=O.CC(C)=O. The van der Waals surface area contributed by atoms with Gasteiger partial charge in [-0.25, -0.2) is 0 Å². The van der Waals surface area contributed by atoms with E-state index >= 15 is 0 Å². The zero-order chi connectivity index (χ0) is 24.7. The van der Waals surface area contributed by atoms with Crippen molar-refractivity contribution in [2.45, 2.75) is 117 Å². The topological polar surface area (TPSA) is 118 Å². The summed E-state index contributed by atoms with van der Waals surface area (Å²) in [6, 6.07) is 0. The fourth-order valence-corrected chi connectivity index (χ4v) is 3.24. The minimum Gasteiger partial charge on any atom is -0.334 e. The molecule has 0 aliphatic heterocycles. The van der Waals surface area contributed by atoms with E-state index in [1.165, 1.54) is 72.6 Å². The van der Waals surface area contributed by atoms with Crippen LogP contribution in [0.4, 0.5) is 0 Å². The summed E-state index contributed by atoms with van der Waals surface area (Å²) >= 11 is 0. The quantitative estimate of drug-likeness (QED) is 0.191. The van der Waals surface area contributed by atoms with Gasteiger partial charge in [0.15, 0.2) is 5.37 Å². The van der Waals surface area contributed by atoms with Crippen LogP contribution in [-0.2, 0) is 24.5 Å². The number of amides is 1. The molecule has 0 saturated carbocycles. The van der Waals surface area contributed by atoms with Crippen molar-refractivity contribution in [1.82, 2.24) is 5.32 Å². The van der Waals surface area contributed by atoms with E-state index in [1.807, 2.05) is 0 Å². The molecular formula is C23H45NO6S. The molecule has 1 unspecified atom stereocenters. The number of Topliss-reactive ketones (excluding diaryl/α,β-unsaturated/α-hetero) is 2. The highest BCUT2D eigenvalue weighted by Crippen LogP contribution is 2.13. The third-order valence-electron chi connectivity index (χ3n) is 3.92. The fraction of sp³-hybridized carbons (Fsp3) is 0.783. The normalized spacial score (nSPS) is 11.2. The van der Waals surface area contributed by atoms with Crippen molar-refractivity contribution in [3.63, 3.8) is 0 Å². The van der Waals surface area contributed by atoms with E-state index in [1.54, 1.807) is 0 Å². The van der Waals surface area contributed by atoms with E-state index in [4.69, 9.17) is 4.55 Å². The summed E-state index contributed by atoms with van der Waals surface area (Å²) < 4.78 is 31.5. The molecule has 7 nitrogen and oxygen atoms in total. The maximum atomic E-state index is 11.2. The number of unbranched alkanes of at least 4 members (excludes halogenated alkanes) is 10. The van der Waals surface area contributed by atoms with Crippen LogP contribution in [0.2, 0.25) is 0 Å². The molecule has 0 heterocycles. The van der Waals surface area contributed by atoms with E-state index in [0.29, 0.717) is 6.42 Å². The molecule has 0 aromatic heterocycles. The Morgan fingerprint density at radius 2 is 1.13 bits per heavy atom. The third kappa shape index (κ3) is 36.2. The van der Waals surface area contributed by atoms with Crippen molar-refractivity contribution in [2.24, 2.45) is 0 Å². The van der Waals surface area contributed by atoms with Crippen LogP contribution in [0.1, 0.15) is 112 Å². The van der Waals surface area contributed by atoms with Crippen LogP contribution in [0.5, 0.6) is 0 Å². The minimum absolute atomic E-state index is 0.167. The lowest BCUT2D eigenvalue weighted by molar-refractivity contribution is -0.117. The van der Waals surface area contributed by atoms with E-state index in [2.05, 4.69) is 18.8 Å². The maximum Gasteiger partial charge on any atom is 0.286 e. The molecule has 2 N–H and O–H groups in total. The molecule has 0 bridgehead atoms. The lowest BCUT2D eigenvalue weighted by Crippen LogP contribution is -2.39. The molecule has 1 amide bonds. The highest BCUT2D eigenvalue weighted by Gasteiger charge is 2.23. The van der Waals surface area contributed by atoms with Crippen LogP contribution < -0.4 is 5.32 Å². The number of carbonyl (C=O) groups excluding carboxylic acids is 3. The van der Waals surface area contributed by atoms with Gasteiger partial charge < -0.3 is 14.9 Å². The Morgan fingerprint density at radius 3 is 1.42 bits per heavy atom. The van der Waals surface area contributed by atoms with Gasteiger partial charge in [0.2, 0.25) is 5.91 Å². The molecule has 0 saturated heterocycles. The van der Waals surface area contributed by atoms with E-state index in [-0.39, 0.29) is 18.0 Å². The zero-order valence-corrected chi connectivity index (χ0v) is 21.1. The number of hydrogen-bond donors (Lipinski definition) is 2. The number of carbonyl (C=O) groups is 3. The minimum atomic E-state index is -4.26. The molecule has 0 aromatic rings. The van der Waals surface area contributed by atoms with Crippen LogP contribution in [0.3, 0.4) is 0 Å². The molecule has 31 heavy (non-hydrogen) atoms. The van der Waals surface area contributed by atoms with Crippen molar-refractivity contribution in [1.29, 1.82) is 0 Å². The molecule has 8 heteroatoms. The molecule has 0 aromatic carbocycles. The van der Waals surface area contributed by atoms with Crippen LogP contribution in [-0.4, -0.2) is 35.8 Å². The Hall–Kier alpha value is -1.54. The van der Waals surface area contributed by atoms with Gasteiger partial charge in [-0.1, -0.05) is 84.1 Å². The summed E-state index contributed by atoms with van der Waals surface area (Å²) in [5.74, 6) is -0.254. The van der Waals surface area contributed by atoms with Gasteiger partial charge in [0.05, 0.1) is 0 Å². The standard InChI is InChI=1S/C17H33NO4S.2C3H6O/c1-3-5-6-7-8-9-10-11-12-13-14-15-17(23(20,21)22)18-16(19)4-2;2*1-3(2)4/h4,17H,2-3,5-15H2,1H3,(H,18,19)(H,20,21,22);2*1-2H3. The first-order valence-electron chi connectivity index (χ1n) is 11.2. The van der Waals surface area contributed by atoms with Gasteiger partial charge in [0, 0.05) is 0 Å².